The van der Waals surface area contributed by atoms with Crippen LogP contribution in [0.25, 0.3) is 5.78 Å². The number of methoxy groups -OCH3 is 1. The molecule has 0 bridgehead atoms. The van der Waals surface area contributed by atoms with E-state index in [9.17, 15) is 4.79 Å². The molecular weight excluding hydrogens is 270 g/mol. The van der Waals surface area contributed by atoms with Crippen LogP contribution in [0.3, 0.4) is 0 Å². The zero-order chi connectivity index (χ0) is 15.0. The lowest BCUT2D eigenvalue weighted by atomic mass is 10.1. The van der Waals surface area contributed by atoms with Crippen molar-refractivity contribution in [2.45, 2.75) is 13.8 Å². The van der Waals surface area contributed by atoms with Gasteiger partial charge < -0.3 is 4.74 Å². The Labute approximate surface area is 120 Å². The van der Waals surface area contributed by atoms with Gasteiger partial charge in [-0.15, -0.1) is 15.3 Å². The minimum absolute atomic E-state index is 0.210. The topological polar surface area (TPSA) is 82.3 Å². The molecule has 7 heteroatoms. The third-order valence-electron chi connectivity index (χ3n) is 3.16. The average Bonchev–Trinajstić information content (AvgIpc) is 2.89. The van der Waals surface area contributed by atoms with Crippen LogP contribution in [0.4, 0.5) is 0 Å². The molecule has 3 rings (SSSR count). The fourth-order valence-electron chi connectivity index (χ4n) is 2.05. The number of ketones is 1. The van der Waals surface area contributed by atoms with E-state index in [1.54, 1.807) is 45.2 Å². The molecule has 1 aromatic carbocycles. The molecule has 0 spiro atoms. The first kappa shape index (κ1) is 13.2. The van der Waals surface area contributed by atoms with Crippen LogP contribution < -0.4 is 4.74 Å². The van der Waals surface area contributed by atoms with Crippen molar-refractivity contribution in [3.8, 4) is 5.75 Å². The Hall–Kier alpha value is -2.83. The zero-order valence-electron chi connectivity index (χ0n) is 11.9. The molecule has 0 amide bonds. The summed E-state index contributed by atoms with van der Waals surface area (Å²) in [6.45, 7) is 3.53. The Kier molecular flexibility index (Phi) is 3.09. The second-order valence-corrected chi connectivity index (χ2v) is 4.56. The minimum atomic E-state index is -0.210. The van der Waals surface area contributed by atoms with Crippen molar-refractivity contribution >= 4 is 11.6 Å². The van der Waals surface area contributed by atoms with Gasteiger partial charge in [0.25, 0.3) is 5.78 Å². The number of benzene rings is 1. The first-order chi connectivity index (χ1) is 10.1. The van der Waals surface area contributed by atoms with Crippen molar-refractivity contribution in [3.63, 3.8) is 0 Å². The third kappa shape index (κ3) is 2.22. The molecular formula is C14H13N5O2. The van der Waals surface area contributed by atoms with Crippen molar-refractivity contribution in [2.24, 2.45) is 0 Å². The van der Waals surface area contributed by atoms with Gasteiger partial charge in [-0.1, -0.05) is 0 Å². The van der Waals surface area contributed by atoms with E-state index in [1.807, 2.05) is 0 Å². The molecule has 0 aliphatic carbocycles. The second-order valence-electron chi connectivity index (χ2n) is 4.56. The SMILES string of the molecule is COc1ccc(C(=O)c2nnc3nc(C)nn3c2C)cc1. The fourth-order valence-corrected chi connectivity index (χ4v) is 2.05. The molecule has 0 radical (unpaired) electrons. The van der Waals surface area contributed by atoms with Crippen LogP contribution in [0.15, 0.2) is 24.3 Å². The largest absolute Gasteiger partial charge is 0.497 e. The Morgan fingerprint density at radius 2 is 1.86 bits per heavy atom. The molecule has 2 aromatic heterocycles. The summed E-state index contributed by atoms with van der Waals surface area (Å²) >= 11 is 0. The standard InChI is InChI=1S/C14H13N5O2/c1-8-12(16-17-14-15-9(2)18-19(8)14)13(20)10-4-6-11(21-3)7-5-10/h4-7H,1-3H3. The van der Waals surface area contributed by atoms with Gasteiger partial charge in [0.15, 0.2) is 5.69 Å². The second kappa shape index (κ2) is 4.93. The van der Waals surface area contributed by atoms with E-state index in [0.29, 0.717) is 28.6 Å². The molecule has 0 saturated carbocycles. The molecule has 2 heterocycles. The first-order valence-electron chi connectivity index (χ1n) is 6.35. The van der Waals surface area contributed by atoms with E-state index in [-0.39, 0.29) is 11.5 Å². The van der Waals surface area contributed by atoms with Gasteiger partial charge in [0.1, 0.15) is 11.6 Å². The predicted octanol–water partition coefficient (Wildman–Crippen LogP) is 1.38. The zero-order valence-corrected chi connectivity index (χ0v) is 11.9. The van der Waals surface area contributed by atoms with Crippen molar-refractivity contribution in [3.05, 3.63) is 47.0 Å². The highest BCUT2D eigenvalue weighted by Crippen LogP contribution is 2.16. The van der Waals surface area contributed by atoms with Gasteiger partial charge in [0.05, 0.1) is 12.8 Å². The number of carbonyl (C=O) groups excluding carboxylic acids is 1. The molecule has 0 unspecified atom stereocenters. The van der Waals surface area contributed by atoms with Crippen LogP contribution in [0.2, 0.25) is 0 Å². The van der Waals surface area contributed by atoms with Crippen LogP contribution in [0.5, 0.6) is 5.75 Å². The summed E-state index contributed by atoms with van der Waals surface area (Å²) in [5.41, 5.74) is 1.39. The Bertz CT molecular complexity index is 823. The number of ether oxygens (including phenoxy) is 1. The summed E-state index contributed by atoms with van der Waals surface area (Å²) in [6, 6.07) is 6.85. The molecule has 0 fully saturated rings. The summed E-state index contributed by atoms with van der Waals surface area (Å²) in [5, 5.41) is 12.1. The monoisotopic (exact) mass is 283 g/mol. The molecule has 0 atom stereocenters. The lowest BCUT2D eigenvalue weighted by molar-refractivity contribution is 0.103. The molecule has 0 aliphatic heterocycles. The van der Waals surface area contributed by atoms with Crippen LogP contribution in [-0.2, 0) is 0 Å². The summed E-state index contributed by atoms with van der Waals surface area (Å²) in [5.74, 6) is 1.45. The first-order valence-corrected chi connectivity index (χ1v) is 6.35. The number of nitrogens with zero attached hydrogens (tertiary/aromatic N) is 5. The number of fused-ring (bicyclic) bond motifs is 1. The van der Waals surface area contributed by atoms with Gasteiger partial charge in [-0.25, -0.2) is 0 Å². The normalized spacial score (nSPS) is 10.8. The predicted molar refractivity (Wildman–Crippen MR) is 74.5 cm³/mol. The van der Waals surface area contributed by atoms with Gasteiger partial charge in [-0.3, -0.25) is 4.79 Å². The van der Waals surface area contributed by atoms with E-state index in [0.717, 1.165) is 0 Å². The maximum absolute atomic E-state index is 12.5. The molecule has 7 nitrogen and oxygen atoms in total. The summed E-state index contributed by atoms with van der Waals surface area (Å²) in [6.07, 6.45) is 0. The van der Waals surface area contributed by atoms with E-state index in [1.165, 1.54) is 4.52 Å². The van der Waals surface area contributed by atoms with E-state index in [4.69, 9.17) is 4.74 Å². The van der Waals surface area contributed by atoms with E-state index in [2.05, 4.69) is 20.3 Å². The van der Waals surface area contributed by atoms with E-state index < -0.39 is 0 Å². The van der Waals surface area contributed by atoms with Crippen molar-refractivity contribution in [2.75, 3.05) is 7.11 Å². The van der Waals surface area contributed by atoms with Gasteiger partial charge in [-0.2, -0.15) is 9.50 Å². The van der Waals surface area contributed by atoms with Crippen LogP contribution >= 0.6 is 0 Å². The summed E-state index contributed by atoms with van der Waals surface area (Å²) in [7, 11) is 1.58. The van der Waals surface area contributed by atoms with Gasteiger partial charge in [0, 0.05) is 5.56 Å². The quantitative estimate of drug-likeness (QED) is 0.675. The highest BCUT2D eigenvalue weighted by atomic mass is 16.5. The maximum atomic E-state index is 12.5. The van der Waals surface area contributed by atoms with Crippen molar-refractivity contribution in [1.29, 1.82) is 0 Å². The molecule has 0 saturated heterocycles. The van der Waals surface area contributed by atoms with Crippen LogP contribution in [0.1, 0.15) is 27.6 Å². The van der Waals surface area contributed by atoms with Gasteiger partial charge in [0.2, 0.25) is 5.78 Å². The van der Waals surface area contributed by atoms with Gasteiger partial charge >= 0.3 is 0 Å². The number of carbonyl (C=O) groups is 1. The average molecular weight is 283 g/mol. The smallest absolute Gasteiger partial charge is 0.272 e. The number of aryl methyl sites for hydroxylation is 2. The maximum Gasteiger partial charge on any atom is 0.272 e. The third-order valence-corrected chi connectivity index (χ3v) is 3.16. The van der Waals surface area contributed by atoms with Crippen molar-refractivity contribution < 1.29 is 9.53 Å². The van der Waals surface area contributed by atoms with Crippen LogP contribution in [-0.4, -0.2) is 37.7 Å². The minimum Gasteiger partial charge on any atom is -0.497 e. The highest BCUT2D eigenvalue weighted by molar-refractivity contribution is 6.08. The van der Waals surface area contributed by atoms with Gasteiger partial charge in [-0.05, 0) is 38.1 Å². The Balaban J connectivity index is 2.06. The summed E-state index contributed by atoms with van der Waals surface area (Å²) < 4.78 is 6.60. The number of rotatable bonds is 3. The van der Waals surface area contributed by atoms with Crippen molar-refractivity contribution in [1.82, 2.24) is 24.8 Å². The van der Waals surface area contributed by atoms with Crippen LogP contribution in [0, 0.1) is 13.8 Å². The molecule has 21 heavy (non-hydrogen) atoms. The lowest BCUT2D eigenvalue weighted by Crippen LogP contribution is -2.12. The Morgan fingerprint density at radius 1 is 1.14 bits per heavy atom. The van der Waals surface area contributed by atoms with E-state index >= 15 is 0 Å². The number of hydrogen-bond acceptors (Lipinski definition) is 6. The Morgan fingerprint density at radius 3 is 2.52 bits per heavy atom. The molecule has 3 aromatic rings. The number of hydrogen-bond donors (Lipinski definition) is 0. The molecule has 106 valence electrons. The highest BCUT2D eigenvalue weighted by Gasteiger charge is 2.18. The number of aromatic nitrogens is 5. The lowest BCUT2D eigenvalue weighted by Gasteiger charge is -2.05. The molecule has 0 aliphatic rings. The fraction of sp³-hybridized carbons (Fsp3) is 0.214. The molecule has 0 N–H and O–H groups in total. The summed E-state index contributed by atoms with van der Waals surface area (Å²) in [4.78, 5) is 16.6.